The van der Waals surface area contributed by atoms with E-state index in [1.54, 1.807) is 24.3 Å². The number of nitrogens with zero attached hydrogens (tertiary/aromatic N) is 2. The number of hydrogen-bond acceptors (Lipinski definition) is 5. The highest BCUT2D eigenvalue weighted by atomic mass is 32.2. The fourth-order valence-electron chi connectivity index (χ4n) is 3.73. The summed E-state index contributed by atoms with van der Waals surface area (Å²) in [6.07, 6.45) is 0.0191. The molecule has 3 aromatic rings. The van der Waals surface area contributed by atoms with Crippen molar-refractivity contribution in [1.29, 1.82) is 0 Å². The molecule has 3 amide bonds. The Hall–Kier alpha value is -3.65. The minimum Gasteiger partial charge on any atom is -0.352 e. The molecule has 1 atom stereocenters. The minimum atomic E-state index is -0.532. The number of rotatable bonds is 7. The van der Waals surface area contributed by atoms with Crippen molar-refractivity contribution in [2.75, 3.05) is 23.7 Å². The average Bonchev–Trinajstić information content (AvgIpc) is 3.19. The Morgan fingerprint density at radius 3 is 2.41 bits per heavy atom. The predicted octanol–water partition coefficient (Wildman–Crippen LogP) is 4.76. The van der Waals surface area contributed by atoms with Crippen molar-refractivity contribution >= 4 is 56.8 Å². The number of carbonyl (C=O) groups is 3. The van der Waals surface area contributed by atoms with Crippen LogP contribution >= 0.6 is 11.8 Å². The van der Waals surface area contributed by atoms with Crippen LogP contribution in [0.25, 0.3) is 10.8 Å². The highest BCUT2D eigenvalue weighted by molar-refractivity contribution is 8.15. The highest BCUT2D eigenvalue weighted by Gasteiger charge is 2.32. The molecule has 1 aliphatic rings. The first-order valence-electron chi connectivity index (χ1n) is 11.2. The van der Waals surface area contributed by atoms with Crippen LogP contribution in [0.2, 0.25) is 0 Å². The van der Waals surface area contributed by atoms with Gasteiger partial charge < -0.3 is 15.5 Å². The third-order valence-electron chi connectivity index (χ3n) is 5.55. The van der Waals surface area contributed by atoms with Gasteiger partial charge in [0.1, 0.15) is 5.25 Å². The average molecular weight is 475 g/mol. The molecule has 0 unspecified atom stereocenters. The summed E-state index contributed by atoms with van der Waals surface area (Å²) in [5.74, 6) is -0.857. The van der Waals surface area contributed by atoms with Gasteiger partial charge in [-0.15, -0.1) is 0 Å². The van der Waals surface area contributed by atoms with E-state index in [9.17, 15) is 14.4 Å². The predicted molar refractivity (Wildman–Crippen MR) is 138 cm³/mol. The lowest BCUT2D eigenvalue weighted by Crippen LogP contribution is -2.27. The first-order chi connectivity index (χ1) is 16.5. The van der Waals surface area contributed by atoms with E-state index in [1.165, 1.54) is 11.8 Å². The van der Waals surface area contributed by atoms with E-state index in [2.05, 4.69) is 15.6 Å². The van der Waals surface area contributed by atoms with Gasteiger partial charge in [0.05, 0.1) is 0 Å². The summed E-state index contributed by atoms with van der Waals surface area (Å²) in [5.41, 5.74) is 1.61. The number of carbonyl (C=O) groups excluding carboxylic acids is 3. The van der Waals surface area contributed by atoms with Gasteiger partial charge in [-0.2, -0.15) is 4.99 Å². The van der Waals surface area contributed by atoms with E-state index in [0.717, 1.165) is 23.9 Å². The van der Waals surface area contributed by atoms with Crippen LogP contribution in [0.15, 0.2) is 71.7 Å². The fourth-order valence-corrected chi connectivity index (χ4v) is 4.92. The molecule has 1 heterocycles. The molecule has 34 heavy (non-hydrogen) atoms. The number of amidine groups is 1. The second-order valence-electron chi connectivity index (χ2n) is 7.86. The monoisotopic (exact) mass is 474 g/mol. The summed E-state index contributed by atoms with van der Waals surface area (Å²) in [6, 6.07) is 20.4. The highest BCUT2D eigenvalue weighted by Crippen LogP contribution is 2.27. The molecular formula is C26H26N4O3S. The van der Waals surface area contributed by atoms with E-state index in [4.69, 9.17) is 0 Å². The maximum atomic E-state index is 12.8. The Bertz CT molecular complexity index is 1270. The molecule has 0 bridgehead atoms. The summed E-state index contributed by atoms with van der Waals surface area (Å²) >= 11 is 1.33. The van der Waals surface area contributed by atoms with Crippen molar-refractivity contribution < 1.29 is 14.4 Å². The summed E-state index contributed by atoms with van der Waals surface area (Å²) in [7, 11) is 0. The molecule has 0 aliphatic carbocycles. The van der Waals surface area contributed by atoms with Gasteiger partial charge >= 0.3 is 0 Å². The second-order valence-corrected chi connectivity index (χ2v) is 9.03. The van der Waals surface area contributed by atoms with Crippen molar-refractivity contribution in [2.45, 2.75) is 25.5 Å². The molecular weight excluding hydrogens is 448 g/mol. The Morgan fingerprint density at radius 1 is 0.912 bits per heavy atom. The lowest BCUT2D eigenvalue weighted by Gasteiger charge is -2.19. The molecule has 174 valence electrons. The third kappa shape index (κ3) is 5.46. The first kappa shape index (κ1) is 23.5. The van der Waals surface area contributed by atoms with Gasteiger partial charge in [0.2, 0.25) is 5.91 Å². The van der Waals surface area contributed by atoms with Crippen LogP contribution in [0.3, 0.4) is 0 Å². The van der Waals surface area contributed by atoms with Gasteiger partial charge in [-0.3, -0.25) is 14.4 Å². The van der Waals surface area contributed by atoms with Gasteiger partial charge in [-0.1, -0.05) is 48.2 Å². The molecule has 0 aromatic heterocycles. The number of nitrogens with one attached hydrogen (secondary N) is 2. The van der Waals surface area contributed by atoms with Gasteiger partial charge in [-0.05, 0) is 55.0 Å². The van der Waals surface area contributed by atoms with Crippen molar-refractivity contribution in [1.82, 2.24) is 4.90 Å². The molecule has 0 spiro atoms. The van der Waals surface area contributed by atoms with Gasteiger partial charge in [0.15, 0.2) is 5.17 Å². The quantitative estimate of drug-likeness (QED) is 0.515. The lowest BCUT2D eigenvalue weighted by molar-refractivity contribution is -0.121. The smallest absolute Gasteiger partial charge is 0.262 e. The SMILES string of the molecule is CCN(CC)C1=NC(=O)[C@@H](CC(=O)Nc2cccc(C(=O)Nc3ccc4ccccc4c3)c2)S1. The normalized spacial score (nSPS) is 15.2. The molecule has 0 saturated heterocycles. The number of aliphatic imine (C=N–C) groups is 1. The van der Waals surface area contributed by atoms with Gasteiger partial charge in [0.25, 0.3) is 11.8 Å². The molecule has 3 aromatic carbocycles. The molecule has 0 radical (unpaired) electrons. The zero-order valence-corrected chi connectivity index (χ0v) is 19.9. The maximum absolute atomic E-state index is 12.8. The summed E-state index contributed by atoms with van der Waals surface area (Å²) in [6.45, 7) is 5.51. The second kappa shape index (κ2) is 10.5. The van der Waals surface area contributed by atoms with E-state index in [1.807, 2.05) is 61.2 Å². The Kier molecular flexibility index (Phi) is 7.27. The van der Waals surface area contributed by atoms with Crippen LogP contribution in [0.4, 0.5) is 11.4 Å². The van der Waals surface area contributed by atoms with Crippen LogP contribution in [0.5, 0.6) is 0 Å². The Morgan fingerprint density at radius 2 is 1.65 bits per heavy atom. The number of amides is 3. The van der Waals surface area contributed by atoms with Gasteiger partial charge in [-0.25, -0.2) is 0 Å². The van der Waals surface area contributed by atoms with Gasteiger partial charge in [0, 0.05) is 36.4 Å². The van der Waals surface area contributed by atoms with E-state index in [-0.39, 0.29) is 24.1 Å². The number of thioether (sulfide) groups is 1. The maximum Gasteiger partial charge on any atom is 0.262 e. The lowest BCUT2D eigenvalue weighted by atomic mass is 10.1. The minimum absolute atomic E-state index is 0.0191. The topological polar surface area (TPSA) is 90.9 Å². The zero-order valence-electron chi connectivity index (χ0n) is 19.1. The molecule has 2 N–H and O–H groups in total. The third-order valence-corrected chi connectivity index (χ3v) is 6.76. The van der Waals surface area contributed by atoms with Crippen LogP contribution < -0.4 is 10.6 Å². The van der Waals surface area contributed by atoms with Crippen LogP contribution in [0.1, 0.15) is 30.6 Å². The molecule has 8 heteroatoms. The number of benzene rings is 3. The molecule has 1 aliphatic heterocycles. The van der Waals surface area contributed by atoms with Crippen molar-refractivity contribution in [2.24, 2.45) is 4.99 Å². The standard InChI is InChI=1S/C26H26N4O3S/c1-3-30(4-2)26-29-25(33)22(34-26)16-23(31)27-20-11-7-10-19(15-20)24(32)28-21-13-12-17-8-5-6-9-18(17)14-21/h5-15,22H,3-4,16H2,1-2H3,(H,27,31)(H,28,32)/t22-/m1/s1. The summed E-state index contributed by atoms with van der Waals surface area (Å²) < 4.78 is 0. The molecule has 4 rings (SSSR count). The molecule has 0 saturated carbocycles. The van der Waals surface area contributed by atoms with Crippen molar-refractivity contribution in [3.63, 3.8) is 0 Å². The van der Waals surface area contributed by atoms with Crippen LogP contribution in [0, 0.1) is 0 Å². The molecule has 0 fully saturated rings. The first-order valence-corrected chi connectivity index (χ1v) is 12.1. The Labute approximate surface area is 202 Å². The van der Waals surface area contributed by atoms with E-state index in [0.29, 0.717) is 22.1 Å². The van der Waals surface area contributed by atoms with Crippen molar-refractivity contribution in [3.05, 3.63) is 72.3 Å². The number of fused-ring (bicyclic) bond motifs is 1. The summed E-state index contributed by atoms with van der Waals surface area (Å²) in [4.78, 5) is 43.7. The number of anilines is 2. The molecule has 7 nitrogen and oxygen atoms in total. The van der Waals surface area contributed by atoms with E-state index < -0.39 is 5.25 Å². The number of hydrogen-bond donors (Lipinski definition) is 2. The Balaban J connectivity index is 1.37. The fraction of sp³-hybridized carbons (Fsp3) is 0.231. The summed E-state index contributed by atoms with van der Waals surface area (Å²) in [5, 5.41) is 7.96. The zero-order chi connectivity index (χ0) is 24.1. The van der Waals surface area contributed by atoms with Crippen LogP contribution in [-0.2, 0) is 9.59 Å². The van der Waals surface area contributed by atoms with E-state index >= 15 is 0 Å². The van der Waals surface area contributed by atoms with Crippen molar-refractivity contribution in [3.8, 4) is 0 Å². The largest absolute Gasteiger partial charge is 0.352 e. The van der Waals surface area contributed by atoms with Crippen LogP contribution in [-0.4, -0.2) is 46.1 Å².